The highest BCUT2D eigenvalue weighted by atomic mass is 35.5. The van der Waals surface area contributed by atoms with Crippen LogP contribution in [0.2, 0.25) is 5.02 Å². The van der Waals surface area contributed by atoms with Crippen molar-refractivity contribution in [1.29, 1.82) is 0 Å². The molecule has 5 rings (SSSR count). The van der Waals surface area contributed by atoms with Gasteiger partial charge in [0.2, 0.25) is 0 Å². The number of para-hydroxylation sites is 1. The molecule has 2 aliphatic heterocycles. The summed E-state index contributed by atoms with van der Waals surface area (Å²) < 4.78 is 0. The Morgan fingerprint density at radius 1 is 1.00 bits per heavy atom. The number of nitrogens with one attached hydrogen (secondary N) is 1. The average Bonchev–Trinajstić information content (AvgIpc) is 2.80. The summed E-state index contributed by atoms with van der Waals surface area (Å²) in [6.45, 7) is 4.60. The third-order valence-corrected chi connectivity index (χ3v) is 7.87. The Morgan fingerprint density at radius 2 is 1.81 bits per heavy atom. The van der Waals surface area contributed by atoms with Gasteiger partial charge in [-0.3, -0.25) is 4.99 Å². The zero-order chi connectivity index (χ0) is 21.1. The molecular weight excluding hydrogens is 402 g/mol. The number of hydrogen-bond acceptors (Lipinski definition) is 2. The van der Waals surface area contributed by atoms with E-state index in [2.05, 4.69) is 40.5 Å². The average molecular weight is 436 g/mol. The summed E-state index contributed by atoms with van der Waals surface area (Å²) in [6, 6.07) is 16.9. The van der Waals surface area contributed by atoms with Crippen LogP contribution in [0.5, 0.6) is 0 Å². The molecule has 1 saturated carbocycles. The summed E-state index contributed by atoms with van der Waals surface area (Å²) in [6.07, 6.45) is 10.4. The maximum atomic E-state index is 6.20. The zero-order valence-corrected chi connectivity index (χ0v) is 19.2. The third-order valence-electron chi connectivity index (χ3n) is 7.64. The molecule has 2 fully saturated rings. The van der Waals surface area contributed by atoms with E-state index < -0.39 is 0 Å². The van der Waals surface area contributed by atoms with Crippen LogP contribution >= 0.6 is 11.6 Å². The molecule has 164 valence electrons. The van der Waals surface area contributed by atoms with Gasteiger partial charge in [0.05, 0.1) is 6.54 Å². The Hall–Kier alpha value is -1.84. The van der Waals surface area contributed by atoms with E-state index in [0.29, 0.717) is 6.54 Å². The predicted octanol–water partition coefficient (Wildman–Crippen LogP) is 6.57. The number of halogens is 1. The Balaban J connectivity index is 1.33. The summed E-state index contributed by atoms with van der Waals surface area (Å²) in [5, 5.41) is 4.53. The van der Waals surface area contributed by atoms with E-state index in [9.17, 15) is 0 Å². The first-order valence-electron chi connectivity index (χ1n) is 12.1. The highest BCUT2D eigenvalue weighted by Gasteiger charge is 2.43. The van der Waals surface area contributed by atoms with Gasteiger partial charge in [0.25, 0.3) is 0 Å². The topological polar surface area (TPSA) is 27.6 Å². The highest BCUT2D eigenvalue weighted by Crippen LogP contribution is 2.46. The van der Waals surface area contributed by atoms with Gasteiger partial charge in [-0.25, -0.2) is 0 Å². The van der Waals surface area contributed by atoms with Crippen molar-refractivity contribution in [2.75, 3.05) is 25.0 Å². The summed E-state index contributed by atoms with van der Waals surface area (Å²) in [5.74, 6) is 2.04. The fraction of sp³-hybridized carbons (Fsp3) is 0.519. The van der Waals surface area contributed by atoms with Crippen molar-refractivity contribution >= 4 is 23.1 Å². The molecule has 1 spiro atoms. The van der Waals surface area contributed by atoms with E-state index in [1.165, 1.54) is 87.2 Å². The molecule has 3 nitrogen and oxygen atoms in total. The summed E-state index contributed by atoms with van der Waals surface area (Å²) >= 11 is 6.20. The smallest absolute Gasteiger partial charge is 0.108 e. The molecule has 0 bridgehead atoms. The van der Waals surface area contributed by atoms with Crippen LogP contribution in [-0.4, -0.2) is 30.4 Å². The van der Waals surface area contributed by atoms with Crippen LogP contribution in [0.25, 0.3) is 0 Å². The molecule has 1 aliphatic carbocycles. The number of piperidine rings is 1. The number of fused-ring (bicyclic) bond motifs is 1. The number of benzene rings is 2. The van der Waals surface area contributed by atoms with E-state index in [4.69, 9.17) is 16.6 Å². The van der Waals surface area contributed by atoms with Crippen molar-refractivity contribution in [3.63, 3.8) is 0 Å². The van der Waals surface area contributed by atoms with Crippen LogP contribution in [0.1, 0.15) is 56.1 Å². The van der Waals surface area contributed by atoms with Gasteiger partial charge in [-0.2, -0.15) is 0 Å². The lowest BCUT2D eigenvalue weighted by Gasteiger charge is -2.45. The van der Waals surface area contributed by atoms with Crippen LogP contribution in [0.3, 0.4) is 0 Å². The van der Waals surface area contributed by atoms with Gasteiger partial charge in [0, 0.05) is 22.7 Å². The van der Waals surface area contributed by atoms with Crippen molar-refractivity contribution < 1.29 is 0 Å². The van der Waals surface area contributed by atoms with Crippen molar-refractivity contribution in [2.24, 2.45) is 16.3 Å². The van der Waals surface area contributed by atoms with E-state index in [1.54, 1.807) is 0 Å². The molecular formula is C27H34ClN3. The number of nitrogens with zero attached hydrogens (tertiary/aromatic N) is 2. The van der Waals surface area contributed by atoms with Crippen LogP contribution in [0.15, 0.2) is 53.5 Å². The quantitative estimate of drug-likeness (QED) is 0.588. The first kappa shape index (κ1) is 21.0. The molecule has 31 heavy (non-hydrogen) atoms. The van der Waals surface area contributed by atoms with Crippen molar-refractivity contribution in [3.8, 4) is 0 Å². The lowest BCUT2D eigenvalue weighted by Crippen LogP contribution is -2.46. The normalized spacial score (nSPS) is 27.8. The number of aliphatic imine (C=N–C) groups is 1. The van der Waals surface area contributed by atoms with Crippen LogP contribution in [0.4, 0.5) is 5.69 Å². The molecule has 3 aliphatic rings. The van der Waals surface area contributed by atoms with Crippen LogP contribution < -0.4 is 5.32 Å². The van der Waals surface area contributed by atoms with Crippen molar-refractivity contribution in [3.05, 3.63) is 64.7 Å². The lowest BCUT2D eigenvalue weighted by molar-refractivity contribution is 0.143. The minimum Gasteiger partial charge on any atom is -0.343 e. The van der Waals surface area contributed by atoms with Gasteiger partial charge < -0.3 is 10.2 Å². The first-order chi connectivity index (χ1) is 15.2. The number of rotatable bonds is 4. The molecule has 0 amide bonds. The van der Waals surface area contributed by atoms with Gasteiger partial charge in [-0.15, -0.1) is 0 Å². The van der Waals surface area contributed by atoms with Gasteiger partial charge in [0.1, 0.15) is 5.84 Å². The summed E-state index contributed by atoms with van der Waals surface area (Å²) in [7, 11) is 0. The minimum absolute atomic E-state index is 0.158. The van der Waals surface area contributed by atoms with E-state index in [-0.39, 0.29) is 5.41 Å². The van der Waals surface area contributed by atoms with E-state index >= 15 is 0 Å². The maximum Gasteiger partial charge on any atom is 0.108 e. The molecule has 2 aromatic carbocycles. The van der Waals surface area contributed by atoms with Gasteiger partial charge in [-0.05, 0) is 93.3 Å². The summed E-state index contributed by atoms with van der Waals surface area (Å²) in [5.41, 5.74) is 4.01. The molecule has 2 heterocycles. The predicted molar refractivity (Wildman–Crippen MR) is 131 cm³/mol. The molecule has 4 heteroatoms. The highest BCUT2D eigenvalue weighted by molar-refractivity contribution is 6.30. The molecule has 0 atom stereocenters. The molecule has 1 N–H and O–H groups in total. The standard InChI is InChI=1S/C27H34ClN3/c28-24-9-6-7-22(17-24)19-29-26-27(18-23-8-2-3-10-25(23)30-26)13-11-21(12-14-27)20-31-15-4-1-5-16-31/h2-3,6-10,17,21H,1,4-5,11-16,18-20H2,(H,29,30). The fourth-order valence-electron chi connectivity index (χ4n) is 5.85. The molecule has 0 aromatic heterocycles. The third kappa shape index (κ3) is 4.83. The van der Waals surface area contributed by atoms with Crippen molar-refractivity contribution in [2.45, 2.75) is 57.9 Å². The molecule has 2 aromatic rings. The van der Waals surface area contributed by atoms with Gasteiger partial charge >= 0.3 is 0 Å². The second-order valence-corrected chi connectivity index (χ2v) is 10.3. The first-order valence-corrected chi connectivity index (χ1v) is 12.4. The minimum atomic E-state index is 0.158. The van der Waals surface area contributed by atoms with Gasteiger partial charge in [0.15, 0.2) is 0 Å². The Labute approximate surface area is 191 Å². The Morgan fingerprint density at radius 3 is 2.61 bits per heavy atom. The lowest BCUT2D eigenvalue weighted by atomic mass is 9.65. The van der Waals surface area contributed by atoms with Crippen LogP contribution in [0, 0.1) is 11.3 Å². The zero-order valence-electron chi connectivity index (χ0n) is 18.5. The number of hydrogen-bond donors (Lipinski definition) is 1. The molecule has 1 saturated heterocycles. The second kappa shape index (κ2) is 9.34. The van der Waals surface area contributed by atoms with E-state index in [0.717, 1.165) is 17.4 Å². The van der Waals surface area contributed by atoms with Crippen LogP contribution in [-0.2, 0) is 13.0 Å². The molecule has 0 radical (unpaired) electrons. The van der Waals surface area contributed by atoms with Crippen molar-refractivity contribution in [1.82, 2.24) is 4.90 Å². The number of anilines is 1. The Bertz CT molecular complexity index is 924. The molecule has 0 unspecified atom stereocenters. The fourth-order valence-corrected chi connectivity index (χ4v) is 6.06. The second-order valence-electron chi connectivity index (χ2n) is 9.84. The Kier molecular flexibility index (Phi) is 6.34. The SMILES string of the molecule is Clc1cccc(CN=C2Nc3ccccc3CC23CCC(CN2CCCCC2)CC3)c1. The van der Waals surface area contributed by atoms with E-state index in [1.807, 2.05) is 18.2 Å². The number of amidine groups is 1. The maximum absolute atomic E-state index is 6.20. The summed E-state index contributed by atoms with van der Waals surface area (Å²) in [4.78, 5) is 7.86. The van der Waals surface area contributed by atoms with Gasteiger partial charge in [-0.1, -0.05) is 48.4 Å². The largest absolute Gasteiger partial charge is 0.343 e. The number of likely N-dealkylation sites (tertiary alicyclic amines) is 1. The monoisotopic (exact) mass is 435 g/mol.